The summed E-state index contributed by atoms with van der Waals surface area (Å²) < 4.78 is 0. The van der Waals surface area contributed by atoms with Crippen molar-refractivity contribution in [1.29, 1.82) is 0 Å². The maximum absolute atomic E-state index is 3.85. The van der Waals surface area contributed by atoms with Crippen molar-refractivity contribution in [3.63, 3.8) is 0 Å². The third-order valence-electron chi connectivity index (χ3n) is 3.68. The van der Waals surface area contributed by atoms with Gasteiger partial charge in [0.05, 0.1) is 6.17 Å². The van der Waals surface area contributed by atoms with Crippen LogP contribution in [0.3, 0.4) is 0 Å². The lowest BCUT2D eigenvalue weighted by molar-refractivity contribution is 0.0317. The molecule has 0 N–H and O–H groups in total. The molecular formula is C15H22N2. The Morgan fingerprint density at radius 3 is 2.29 bits per heavy atom. The molecule has 2 heteroatoms. The first-order valence-electron chi connectivity index (χ1n) is 6.28. The Labute approximate surface area is 105 Å². The molecule has 2 rings (SSSR count). The van der Waals surface area contributed by atoms with Gasteiger partial charge in [0.15, 0.2) is 0 Å². The van der Waals surface area contributed by atoms with Crippen LogP contribution in [0.4, 0.5) is 0 Å². The van der Waals surface area contributed by atoms with Crippen LogP contribution in [-0.4, -0.2) is 43.2 Å². The summed E-state index contributed by atoms with van der Waals surface area (Å²) in [6.07, 6.45) is 3.56. The lowest BCUT2D eigenvalue weighted by atomic mass is 9.95. The fraction of sp³-hybridized carbons (Fsp3) is 0.467. The highest BCUT2D eigenvalue weighted by Crippen LogP contribution is 2.25. The number of benzene rings is 1. The van der Waals surface area contributed by atoms with Gasteiger partial charge < -0.3 is 0 Å². The average Bonchev–Trinajstić information content (AvgIpc) is 2.35. The molecule has 1 saturated heterocycles. The Hall–Kier alpha value is -1.12. The second-order valence-corrected chi connectivity index (χ2v) is 4.99. The first kappa shape index (κ1) is 12.3. The van der Waals surface area contributed by atoms with Crippen LogP contribution in [0.2, 0.25) is 0 Å². The summed E-state index contributed by atoms with van der Waals surface area (Å²) in [5, 5.41) is 0. The number of rotatable bonds is 3. The lowest BCUT2D eigenvalue weighted by Crippen LogP contribution is -2.52. The van der Waals surface area contributed by atoms with Crippen molar-refractivity contribution < 1.29 is 0 Å². The minimum absolute atomic E-state index is 0.507. The standard InChI is InChI=1S/C15H22N2/c1-4-8-15-16(2)11-14(12-17(15)3)13-9-6-5-7-10-13/h4-7,9-10,14-15H,1,8,11-12H2,2-3H3. The van der Waals surface area contributed by atoms with E-state index in [4.69, 9.17) is 0 Å². The molecule has 1 aromatic rings. The molecule has 1 fully saturated rings. The van der Waals surface area contributed by atoms with Gasteiger partial charge in [-0.05, 0) is 26.1 Å². The van der Waals surface area contributed by atoms with E-state index >= 15 is 0 Å². The molecule has 0 atom stereocenters. The van der Waals surface area contributed by atoms with Crippen molar-refractivity contribution in [3.8, 4) is 0 Å². The average molecular weight is 230 g/mol. The maximum atomic E-state index is 3.85. The predicted octanol–water partition coefficient (Wildman–Crippen LogP) is 2.55. The van der Waals surface area contributed by atoms with Crippen LogP contribution in [0.5, 0.6) is 0 Å². The summed E-state index contributed by atoms with van der Waals surface area (Å²) in [7, 11) is 4.42. The van der Waals surface area contributed by atoms with E-state index in [0.717, 1.165) is 19.5 Å². The molecule has 0 aliphatic carbocycles. The second kappa shape index (κ2) is 5.48. The highest BCUT2D eigenvalue weighted by molar-refractivity contribution is 5.21. The Kier molecular flexibility index (Phi) is 3.97. The number of likely N-dealkylation sites (N-methyl/N-ethyl adjacent to an activating group) is 2. The fourth-order valence-electron chi connectivity index (χ4n) is 2.78. The van der Waals surface area contributed by atoms with Gasteiger partial charge in [-0.15, -0.1) is 6.58 Å². The topological polar surface area (TPSA) is 6.48 Å². The molecule has 17 heavy (non-hydrogen) atoms. The summed E-state index contributed by atoms with van der Waals surface area (Å²) >= 11 is 0. The molecule has 92 valence electrons. The Morgan fingerprint density at radius 1 is 1.18 bits per heavy atom. The van der Waals surface area contributed by atoms with Crippen molar-refractivity contribution >= 4 is 0 Å². The summed E-state index contributed by atoms with van der Waals surface area (Å²) in [4.78, 5) is 4.87. The molecule has 1 aromatic carbocycles. The summed E-state index contributed by atoms with van der Waals surface area (Å²) in [6, 6.07) is 10.8. The molecular weight excluding hydrogens is 208 g/mol. The van der Waals surface area contributed by atoms with Gasteiger partial charge in [0.25, 0.3) is 0 Å². The number of nitrogens with zero attached hydrogens (tertiary/aromatic N) is 2. The molecule has 0 radical (unpaired) electrons. The first-order valence-corrected chi connectivity index (χ1v) is 6.28. The molecule has 0 bridgehead atoms. The molecule has 0 aromatic heterocycles. The molecule has 0 unspecified atom stereocenters. The monoisotopic (exact) mass is 230 g/mol. The van der Waals surface area contributed by atoms with Crippen LogP contribution in [0.1, 0.15) is 17.9 Å². The molecule has 0 amide bonds. The molecule has 1 aliphatic rings. The zero-order valence-electron chi connectivity index (χ0n) is 10.8. The first-order chi connectivity index (χ1) is 8.22. The van der Waals surface area contributed by atoms with Crippen molar-refractivity contribution in [3.05, 3.63) is 48.6 Å². The third-order valence-corrected chi connectivity index (χ3v) is 3.68. The third kappa shape index (κ3) is 2.76. The Balaban J connectivity index is 2.08. The van der Waals surface area contributed by atoms with Gasteiger partial charge in [0.2, 0.25) is 0 Å². The normalized spacial score (nSPS) is 26.9. The van der Waals surface area contributed by atoms with Crippen LogP contribution in [0.25, 0.3) is 0 Å². The Morgan fingerprint density at radius 2 is 1.76 bits per heavy atom. The second-order valence-electron chi connectivity index (χ2n) is 4.99. The van der Waals surface area contributed by atoms with Crippen LogP contribution in [-0.2, 0) is 0 Å². The van der Waals surface area contributed by atoms with E-state index in [0.29, 0.717) is 12.1 Å². The summed E-state index contributed by atoms with van der Waals surface area (Å²) in [5.74, 6) is 0.618. The van der Waals surface area contributed by atoms with E-state index in [1.807, 2.05) is 6.08 Å². The van der Waals surface area contributed by atoms with E-state index in [-0.39, 0.29) is 0 Å². The predicted molar refractivity (Wildman–Crippen MR) is 73.0 cm³/mol. The van der Waals surface area contributed by atoms with Crippen molar-refractivity contribution in [2.75, 3.05) is 27.2 Å². The molecule has 0 saturated carbocycles. The SMILES string of the molecule is C=CCC1N(C)CC(c2ccccc2)CN1C. The van der Waals surface area contributed by atoms with Crippen LogP contribution in [0.15, 0.2) is 43.0 Å². The number of hydrogen-bond donors (Lipinski definition) is 0. The van der Waals surface area contributed by atoms with Gasteiger partial charge in [0.1, 0.15) is 0 Å². The Bertz CT molecular complexity index is 348. The van der Waals surface area contributed by atoms with E-state index < -0.39 is 0 Å². The van der Waals surface area contributed by atoms with Crippen molar-refractivity contribution in [1.82, 2.24) is 9.80 Å². The molecule has 1 heterocycles. The number of hydrogen-bond acceptors (Lipinski definition) is 2. The van der Waals surface area contributed by atoms with Gasteiger partial charge in [-0.25, -0.2) is 0 Å². The highest BCUT2D eigenvalue weighted by Gasteiger charge is 2.29. The van der Waals surface area contributed by atoms with Crippen molar-refractivity contribution in [2.24, 2.45) is 0 Å². The molecule has 1 aliphatic heterocycles. The smallest absolute Gasteiger partial charge is 0.0653 e. The zero-order valence-corrected chi connectivity index (χ0v) is 10.8. The molecule has 2 nitrogen and oxygen atoms in total. The van der Waals surface area contributed by atoms with Gasteiger partial charge in [-0.3, -0.25) is 9.80 Å². The van der Waals surface area contributed by atoms with E-state index in [2.05, 4.69) is 60.8 Å². The largest absolute Gasteiger partial charge is 0.290 e. The van der Waals surface area contributed by atoms with Gasteiger partial charge in [-0.2, -0.15) is 0 Å². The summed E-state index contributed by atoms with van der Waals surface area (Å²) in [6.45, 7) is 6.11. The van der Waals surface area contributed by atoms with Crippen LogP contribution in [0, 0.1) is 0 Å². The van der Waals surface area contributed by atoms with Gasteiger partial charge in [0, 0.05) is 19.0 Å². The van der Waals surface area contributed by atoms with E-state index in [1.54, 1.807) is 0 Å². The van der Waals surface area contributed by atoms with Gasteiger partial charge >= 0.3 is 0 Å². The highest BCUT2D eigenvalue weighted by atomic mass is 15.4. The fourth-order valence-corrected chi connectivity index (χ4v) is 2.78. The minimum Gasteiger partial charge on any atom is -0.290 e. The maximum Gasteiger partial charge on any atom is 0.0653 e. The van der Waals surface area contributed by atoms with Gasteiger partial charge in [-0.1, -0.05) is 36.4 Å². The summed E-state index contributed by atoms with van der Waals surface area (Å²) in [5.41, 5.74) is 1.45. The van der Waals surface area contributed by atoms with E-state index in [1.165, 1.54) is 5.56 Å². The van der Waals surface area contributed by atoms with Crippen LogP contribution < -0.4 is 0 Å². The molecule has 0 spiro atoms. The minimum atomic E-state index is 0.507. The van der Waals surface area contributed by atoms with E-state index in [9.17, 15) is 0 Å². The van der Waals surface area contributed by atoms with Crippen LogP contribution >= 0.6 is 0 Å². The lowest BCUT2D eigenvalue weighted by Gasteiger charge is -2.43. The quantitative estimate of drug-likeness (QED) is 0.736. The zero-order chi connectivity index (χ0) is 12.3. The van der Waals surface area contributed by atoms with Crippen molar-refractivity contribution in [2.45, 2.75) is 18.5 Å².